The van der Waals surface area contributed by atoms with Gasteiger partial charge in [-0.25, -0.2) is 0 Å². The molecule has 1 spiro atoms. The molecule has 90 valence electrons. The molecule has 16 heavy (non-hydrogen) atoms. The first-order valence-corrected chi connectivity index (χ1v) is 7.00. The maximum absolute atomic E-state index is 10.9. The Labute approximate surface area is 98.6 Å². The smallest absolute Gasteiger partial charge is 0.0666 e. The fourth-order valence-electron chi connectivity index (χ4n) is 7.20. The van der Waals surface area contributed by atoms with Crippen molar-refractivity contribution in [3.8, 4) is 0 Å². The topological polar surface area (TPSA) is 20.2 Å². The lowest BCUT2D eigenvalue weighted by Crippen LogP contribution is -2.53. The maximum atomic E-state index is 10.9. The average molecular weight is 220 g/mol. The molecule has 0 heterocycles. The molecule has 0 aromatic heterocycles. The molecule has 1 nitrogen and oxygen atoms in total. The van der Waals surface area contributed by atoms with E-state index >= 15 is 0 Å². The van der Waals surface area contributed by atoms with E-state index in [-0.39, 0.29) is 11.5 Å². The minimum absolute atomic E-state index is 0.0182. The van der Waals surface area contributed by atoms with Crippen LogP contribution in [-0.4, -0.2) is 11.2 Å². The van der Waals surface area contributed by atoms with Crippen molar-refractivity contribution in [1.29, 1.82) is 0 Å². The van der Waals surface area contributed by atoms with Gasteiger partial charge in [0.2, 0.25) is 0 Å². The molecule has 5 saturated carbocycles. The zero-order valence-corrected chi connectivity index (χ0v) is 11.0. The van der Waals surface area contributed by atoms with Crippen LogP contribution in [0.15, 0.2) is 0 Å². The van der Waals surface area contributed by atoms with E-state index < -0.39 is 0 Å². The lowest BCUT2D eigenvalue weighted by atomic mass is 9.48. The van der Waals surface area contributed by atoms with Gasteiger partial charge in [-0.2, -0.15) is 0 Å². The predicted octanol–water partition coefficient (Wildman–Crippen LogP) is 3.22. The van der Waals surface area contributed by atoms with Gasteiger partial charge < -0.3 is 5.11 Å². The highest BCUT2D eigenvalue weighted by atomic mass is 16.3. The molecule has 5 fully saturated rings. The van der Waals surface area contributed by atoms with E-state index in [0.29, 0.717) is 16.2 Å². The SMILES string of the molecule is CC1(C)CCC[C@]2(C)[C@H]3[C@H]4C[C@@]12[C@H](O)[C@]43C. The summed E-state index contributed by atoms with van der Waals surface area (Å²) in [6, 6.07) is 0. The van der Waals surface area contributed by atoms with Crippen LogP contribution >= 0.6 is 0 Å². The van der Waals surface area contributed by atoms with Gasteiger partial charge in [-0.3, -0.25) is 0 Å². The lowest BCUT2D eigenvalue weighted by Gasteiger charge is -2.57. The number of hydrogen-bond donors (Lipinski definition) is 1. The molecule has 0 aromatic rings. The van der Waals surface area contributed by atoms with Crippen molar-refractivity contribution in [2.75, 3.05) is 0 Å². The monoisotopic (exact) mass is 220 g/mol. The van der Waals surface area contributed by atoms with Crippen LogP contribution in [0.2, 0.25) is 0 Å². The Morgan fingerprint density at radius 2 is 1.75 bits per heavy atom. The fraction of sp³-hybridized carbons (Fsp3) is 1.00. The zero-order valence-electron chi connectivity index (χ0n) is 11.0. The molecule has 1 N–H and O–H groups in total. The zero-order chi connectivity index (χ0) is 11.6. The average Bonchev–Trinajstić information content (AvgIpc) is 2.45. The molecule has 5 aliphatic carbocycles. The minimum Gasteiger partial charge on any atom is -0.392 e. The first-order chi connectivity index (χ1) is 7.32. The van der Waals surface area contributed by atoms with Crippen molar-refractivity contribution in [1.82, 2.24) is 0 Å². The van der Waals surface area contributed by atoms with Crippen LogP contribution in [0.4, 0.5) is 0 Å². The molecule has 5 aliphatic rings. The highest BCUT2D eigenvalue weighted by Crippen LogP contribution is 2.94. The Morgan fingerprint density at radius 1 is 1.06 bits per heavy atom. The van der Waals surface area contributed by atoms with Gasteiger partial charge in [-0.1, -0.05) is 34.1 Å². The molecule has 0 saturated heterocycles. The van der Waals surface area contributed by atoms with Crippen LogP contribution in [0.25, 0.3) is 0 Å². The molecule has 5 rings (SSSR count). The van der Waals surface area contributed by atoms with Crippen LogP contribution < -0.4 is 0 Å². The van der Waals surface area contributed by atoms with Crippen molar-refractivity contribution in [3.63, 3.8) is 0 Å². The second-order valence-electron chi connectivity index (χ2n) is 8.18. The Bertz CT molecular complexity index is 387. The number of hydrogen-bond acceptors (Lipinski definition) is 1. The molecule has 0 radical (unpaired) electrons. The molecule has 0 aliphatic heterocycles. The van der Waals surface area contributed by atoms with Crippen molar-refractivity contribution < 1.29 is 5.11 Å². The first kappa shape index (κ1) is 9.94. The standard InChI is InChI=1S/C15H24O/c1-12(2)6-5-7-13(3)10-9-8-15(12,13)11(16)14(9,10)4/h9-11,16H,5-8H2,1-4H3/t9-,10-,11-,13-,14-,15-/m1/s1. The Balaban J connectivity index is 1.97. The maximum Gasteiger partial charge on any atom is 0.0666 e. The molecule has 0 amide bonds. The van der Waals surface area contributed by atoms with Crippen LogP contribution in [0.5, 0.6) is 0 Å². The second kappa shape index (κ2) is 2.13. The van der Waals surface area contributed by atoms with Gasteiger partial charge in [-0.05, 0) is 41.9 Å². The van der Waals surface area contributed by atoms with Crippen LogP contribution in [0, 0.1) is 33.5 Å². The van der Waals surface area contributed by atoms with Gasteiger partial charge in [0.1, 0.15) is 0 Å². The van der Waals surface area contributed by atoms with E-state index in [2.05, 4.69) is 27.7 Å². The van der Waals surface area contributed by atoms with Crippen molar-refractivity contribution in [3.05, 3.63) is 0 Å². The van der Waals surface area contributed by atoms with Crippen molar-refractivity contribution in [2.45, 2.75) is 59.5 Å². The largest absolute Gasteiger partial charge is 0.392 e. The van der Waals surface area contributed by atoms with E-state index in [9.17, 15) is 5.11 Å². The predicted molar refractivity (Wildman–Crippen MR) is 63.9 cm³/mol. The summed E-state index contributed by atoms with van der Waals surface area (Å²) in [7, 11) is 0. The molecular formula is C15H24O. The normalized spacial score (nSPS) is 69.2. The summed E-state index contributed by atoms with van der Waals surface area (Å²) in [5, 5.41) is 10.9. The second-order valence-corrected chi connectivity index (χ2v) is 8.18. The summed E-state index contributed by atoms with van der Waals surface area (Å²) in [6.07, 6.45) is 5.35. The van der Waals surface area contributed by atoms with Gasteiger partial charge >= 0.3 is 0 Å². The first-order valence-electron chi connectivity index (χ1n) is 7.00. The van der Waals surface area contributed by atoms with Gasteiger partial charge in [-0.15, -0.1) is 0 Å². The third-order valence-corrected chi connectivity index (χ3v) is 7.77. The summed E-state index contributed by atoms with van der Waals surface area (Å²) >= 11 is 0. The molecule has 1 heteroatoms. The fourth-order valence-corrected chi connectivity index (χ4v) is 7.20. The van der Waals surface area contributed by atoms with Crippen LogP contribution in [0.3, 0.4) is 0 Å². The molecule has 4 bridgehead atoms. The molecule has 0 aromatic carbocycles. The van der Waals surface area contributed by atoms with E-state index in [1.807, 2.05) is 0 Å². The Hall–Kier alpha value is -0.0400. The number of aliphatic hydroxyl groups excluding tert-OH is 1. The third-order valence-electron chi connectivity index (χ3n) is 7.77. The highest BCUT2D eigenvalue weighted by Gasteiger charge is 2.92. The third kappa shape index (κ3) is 0.592. The van der Waals surface area contributed by atoms with E-state index in [4.69, 9.17) is 0 Å². The molecular weight excluding hydrogens is 196 g/mol. The van der Waals surface area contributed by atoms with E-state index in [1.165, 1.54) is 25.7 Å². The van der Waals surface area contributed by atoms with E-state index in [0.717, 1.165) is 11.8 Å². The summed E-state index contributed by atoms with van der Waals surface area (Å²) in [4.78, 5) is 0. The van der Waals surface area contributed by atoms with Crippen LogP contribution in [0.1, 0.15) is 53.4 Å². The Kier molecular flexibility index (Phi) is 1.33. The minimum atomic E-state index is -0.0182. The number of aliphatic hydroxyl groups is 1. The summed E-state index contributed by atoms with van der Waals surface area (Å²) in [5.41, 5.74) is 1.35. The summed E-state index contributed by atoms with van der Waals surface area (Å²) < 4.78 is 0. The van der Waals surface area contributed by atoms with Gasteiger partial charge in [0, 0.05) is 10.8 Å². The number of rotatable bonds is 0. The van der Waals surface area contributed by atoms with Gasteiger partial charge in [0.05, 0.1) is 6.10 Å². The molecule has 0 unspecified atom stereocenters. The van der Waals surface area contributed by atoms with Crippen molar-refractivity contribution >= 4 is 0 Å². The van der Waals surface area contributed by atoms with Crippen molar-refractivity contribution in [2.24, 2.45) is 33.5 Å². The quantitative estimate of drug-likeness (QED) is 0.664. The molecule has 6 atom stereocenters. The summed E-state index contributed by atoms with van der Waals surface area (Å²) in [6.45, 7) is 9.70. The Morgan fingerprint density at radius 3 is 2.25 bits per heavy atom. The lowest BCUT2D eigenvalue weighted by molar-refractivity contribution is -0.129. The highest BCUT2D eigenvalue weighted by molar-refractivity contribution is 5.40. The van der Waals surface area contributed by atoms with E-state index in [1.54, 1.807) is 0 Å². The van der Waals surface area contributed by atoms with Gasteiger partial charge in [0.15, 0.2) is 0 Å². The van der Waals surface area contributed by atoms with Gasteiger partial charge in [0.25, 0.3) is 0 Å². The summed E-state index contributed by atoms with van der Waals surface area (Å²) in [5.74, 6) is 1.69. The van der Waals surface area contributed by atoms with Crippen LogP contribution in [-0.2, 0) is 0 Å².